The molecule has 34 heavy (non-hydrogen) atoms. The molecule has 1 unspecified atom stereocenters. The minimum Gasteiger partial charge on any atom is -0.497 e. The van der Waals surface area contributed by atoms with Crippen molar-refractivity contribution in [2.45, 2.75) is 11.7 Å². The zero-order valence-electron chi connectivity index (χ0n) is 18.3. The summed E-state index contributed by atoms with van der Waals surface area (Å²) in [7, 11) is 3.03. The Morgan fingerprint density at radius 2 is 1.91 bits per heavy atom. The number of aliphatic carboxylic acids is 1. The molecule has 11 nitrogen and oxygen atoms in total. The Hall–Kier alpha value is -4.06. The maximum atomic E-state index is 12.2. The van der Waals surface area contributed by atoms with Gasteiger partial charge in [0.2, 0.25) is 5.91 Å². The van der Waals surface area contributed by atoms with Crippen LogP contribution in [0.3, 0.4) is 0 Å². The van der Waals surface area contributed by atoms with Crippen molar-refractivity contribution >= 4 is 46.6 Å². The number of anilines is 1. The van der Waals surface area contributed by atoms with Gasteiger partial charge in [0.1, 0.15) is 11.0 Å². The Kier molecular flexibility index (Phi) is 8.46. The van der Waals surface area contributed by atoms with Crippen molar-refractivity contribution in [3.05, 3.63) is 48.0 Å². The lowest BCUT2D eigenvalue weighted by atomic mass is 10.2. The van der Waals surface area contributed by atoms with E-state index in [-0.39, 0.29) is 24.1 Å². The highest BCUT2D eigenvalue weighted by atomic mass is 32.2. The second-order valence-corrected chi connectivity index (χ2v) is 8.01. The van der Waals surface area contributed by atoms with Crippen LogP contribution in [0, 0.1) is 0 Å². The highest BCUT2D eigenvalue weighted by Crippen LogP contribution is 2.28. The van der Waals surface area contributed by atoms with E-state index < -0.39 is 17.1 Å². The van der Waals surface area contributed by atoms with Gasteiger partial charge >= 0.3 is 5.97 Å². The van der Waals surface area contributed by atoms with Crippen molar-refractivity contribution in [1.29, 1.82) is 0 Å². The number of nitrogens with zero attached hydrogens (tertiary/aromatic N) is 2. The molecule has 2 aromatic rings. The normalized spacial score (nSPS) is 16.4. The summed E-state index contributed by atoms with van der Waals surface area (Å²) in [5.74, 6) is -0.385. The standard InChI is InChI=1S/C22H22N4O7S/c1-31-15-6-4-14(5-7-15)24-19(27)12-33-16-8-3-13(9-17(16)32-2)11-23-26-22-25-21(30)18(34-22)10-20(28)29/h3-9,11,18H,10,12H2,1-2H3,(H,24,27)(H,28,29)(H,25,26,30). The molecular formula is C22H22N4O7S. The lowest BCUT2D eigenvalue weighted by Crippen LogP contribution is -2.26. The van der Waals surface area contributed by atoms with Crippen molar-refractivity contribution in [2.24, 2.45) is 10.2 Å². The second-order valence-electron chi connectivity index (χ2n) is 6.82. The molecule has 0 bridgehead atoms. The largest absolute Gasteiger partial charge is 0.497 e. The number of methoxy groups -OCH3 is 2. The van der Waals surface area contributed by atoms with Gasteiger partial charge in [0, 0.05) is 5.69 Å². The molecule has 1 atom stereocenters. The monoisotopic (exact) mass is 486 g/mol. The van der Waals surface area contributed by atoms with E-state index in [9.17, 15) is 14.4 Å². The van der Waals surface area contributed by atoms with Gasteiger partial charge in [-0.2, -0.15) is 5.10 Å². The van der Waals surface area contributed by atoms with Crippen molar-refractivity contribution in [3.63, 3.8) is 0 Å². The van der Waals surface area contributed by atoms with E-state index in [1.54, 1.807) is 49.6 Å². The minimum absolute atomic E-state index is 0.224. The van der Waals surface area contributed by atoms with Crippen LogP contribution in [0.2, 0.25) is 0 Å². The van der Waals surface area contributed by atoms with E-state index in [0.29, 0.717) is 28.5 Å². The topological polar surface area (TPSA) is 148 Å². The molecule has 0 aromatic heterocycles. The van der Waals surface area contributed by atoms with Gasteiger partial charge in [0.05, 0.1) is 26.9 Å². The number of nitrogens with one attached hydrogen (secondary N) is 2. The van der Waals surface area contributed by atoms with Gasteiger partial charge in [-0.15, -0.1) is 5.10 Å². The summed E-state index contributed by atoms with van der Waals surface area (Å²) < 4.78 is 16.0. The van der Waals surface area contributed by atoms with Gasteiger partial charge in [-0.05, 0) is 48.0 Å². The Labute approximate surface area is 199 Å². The molecule has 2 amide bonds. The molecule has 1 fully saturated rings. The number of ether oxygens (including phenoxy) is 3. The van der Waals surface area contributed by atoms with E-state index >= 15 is 0 Å². The zero-order chi connectivity index (χ0) is 24.5. The predicted octanol–water partition coefficient (Wildman–Crippen LogP) is 2.12. The molecule has 1 aliphatic rings. The predicted molar refractivity (Wildman–Crippen MR) is 127 cm³/mol. The molecular weight excluding hydrogens is 464 g/mol. The Balaban J connectivity index is 1.56. The van der Waals surface area contributed by atoms with Crippen LogP contribution in [-0.4, -0.2) is 60.3 Å². The number of rotatable bonds is 10. The fraction of sp³-hybridized carbons (Fsp3) is 0.227. The number of benzene rings is 2. The number of amides is 2. The maximum absolute atomic E-state index is 12.2. The molecule has 0 radical (unpaired) electrons. The smallest absolute Gasteiger partial charge is 0.305 e. The van der Waals surface area contributed by atoms with Gasteiger partial charge in [-0.1, -0.05) is 11.8 Å². The average molecular weight is 487 g/mol. The highest BCUT2D eigenvalue weighted by molar-refractivity contribution is 8.15. The van der Waals surface area contributed by atoms with Crippen molar-refractivity contribution in [2.75, 3.05) is 26.1 Å². The van der Waals surface area contributed by atoms with Gasteiger partial charge < -0.3 is 30.0 Å². The zero-order valence-corrected chi connectivity index (χ0v) is 19.1. The van der Waals surface area contributed by atoms with E-state index in [0.717, 1.165) is 11.8 Å². The summed E-state index contributed by atoms with van der Waals surface area (Å²) in [5, 5.41) is 21.3. The van der Waals surface area contributed by atoms with Crippen LogP contribution in [0.4, 0.5) is 5.69 Å². The molecule has 3 N–H and O–H groups in total. The van der Waals surface area contributed by atoms with Crippen LogP contribution < -0.4 is 24.8 Å². The molecule has 1 heterocycles. The third-order valence-electron chi connectivity index (χ3n) is 4.41. The lowest BCUT2D eigenvalue weighted by Gasteiger charge is -2.11. The fourth-order valence-corrected chi connectivity index (χ4v) is 3.71. The fourth-order valence-electron chi connectivity index (χ4n) is 2.79. The first kappa shape index (κ1) is 24.6. The van der Waals surface area contributed by atoms with Gasteiger partial charge in [0.25, 0.3) is 5.91 Å². The maximum Gasteiger partial charge on any atom is 0.305 e. The van der Waals surface area contributed by atoms with Crippen LogP contribution in [0.1, 0.15) is 12.0 Å². The number of carboxylic acids is 1. The second kappa shape index (κ2) is 11.7. The average Bonchev–Trinajstić information content (AvgIpc) is 3.16. The van der Waals surface area contributed by atoms with Crippen LogP contribution in [0.25, 0.3) is 0 Å². The number of carbonyl (C=O) groups is 3. The number of carbonyl (C=O) groups excluding carboxylic acids is 2. The Morgan fingerprint density at radius 1 is 1.15 bits per heavy atom. The number of amidine groups is 1. The van der Waals surface area contributed by atoms with E-state index in [1.165, 1.54) is 13.3 Å². The van der Waals surface area contributed by atoms with Gasteiger partial charge in [-0.25, -0.2) is 0 Å². The molecule has 0 aliphatic carbocycles. The molecule has 0 spiro atoms. The summed E-state index contributed by atoms with van der Waals surface area (Å²) in [4.78, 5) is 34.7. The quantitative estimate of drug-likeness (QED) is 0.342. The number of hydrogen-bond acceptors (Lipinski definition) is 9. The Morgan fingerprint density at radius 3 is 2.59 bits per heavy atom. The molecule has 0 saturated carbocycles. The van der Waals surface area contributed by atoms with Gasteiger partial charge in [-0.3, -0.25) is 14.4 Å². The molecule has 2 aromatic carbocycles. The third-order valence-corrected chi connectivity index (χ3v) is 5.48. The van der Waals surface area contributed by atoms with Crippen molar-refractivity contribution < 1.29 is 33.7 Å². The van der Waals surface area contributed by atoms with Gasteiger partial charge in [0.15, 0.2) is 23.3 Å². The first-order valence-electron chi connectivity index (χ1n) is 9.93. The first-order valence-corrected chi connectivity index (χ1v) is 10.8. The number of thioether (sulfide) groups is 1. The Bertz CT molecular complexity index is 1120. The number of carboxylic acid groups (broad SMARTS) is 1. The molecule has 1 aliphatic heterocycles. The lowest BCUT2D eigenvalue weighted by molar-refractivity contribution is -0.138. The van der Waals surface area contributed by atoms with E-state index in [1.807, 2.05) is 0 Å². The summed E-state index contributed by atoms with van der Waals surface area (Å²) >= 11 is 1.01. The third kappa shape index (κ3) is 6.97. The number of hydrogen-bond donors (Lipinski definition) is 3. The molecule has 3 rings (SSSR count). The van der Waals surface area contributed by atoms with Crippen molar-refractivity contribution in [1.82, 2.24) is 5.32 Å². The summed E-state index contributed by atoms with van der Waals surface area (Å²) in [6.45, 7) is -0.224. The van der Waals surface area contributed by atoms with Crippen LogP contribution in [0.15, 0.2) is 52.7 Å². The van der Waals surface area contributed by atoms with Crippen LogP contribution >= 0.6 is 11.8 Å². The molecule has 178 valence electrons. The highest BCUT2D eigenvalue weighted by Gasteiger charge is 2.32. The molecule has 12 heteroatoms. The molecule has 1 saturated heterocycles. The summed E-state index contributed by atoms with van der Waals surface area (Å²) in [6, 6.07) is 11.9. The first-order chi connectivity index (χ1) is 16.4. The summed E-state index contributed by atoms with van der Waals surface area (Å²) in [6.07, 6.45) is 1.14. The SMILES string of the molecule is COc1ccc(NC(=O)COc2ccc(C=NN=C3NC(=O)C(CC(=O)O)S3)cc2OC)cc1. The van der Waals surface area contributed by atoms with Crippen LogP contribution in [-0.2, 0) is 14.4 Å². The summed E-state index contributed by atoms with van der Waals surface area (Å²) in [5.41, 5.74) is 1.24. The minimum atomic E-state index is -1.06. The van der Waals surface area contributed by atoms with E-state index in [2.05, 4.69) is 20.8 Å². The van der Waals surface area contributed by atoms with Crippen molar-refractivity contribution in [3.8, 4) is 17.2 Å². The van der Waals surface area contributed by atoms with E-state index in [4.69, 9.17) is 19.3 Å². The van der Waals surface area contributed by atoms with Crippen LogP contribution in [0.5, 0.6) is 17.2 Å².